The number of carbonyl (C=O) groups excluding carboxylic acids is 3. The van der Waals surface area contributed by atoms with Gasteiger partial charge in [-0.2, -0.15) is 0 Å². The van der Waals surface area contributed by atoms with Crippen molar-refractivity contribution in [3.05, 3.63) is 64.7 Å². The zero-order valence-corrected chi connectivity index (χ0v) is 16.4. The van der Waals surface area contributed by atoms with Gasteiger partial charge in [-0.05, 0) is 43.2 Å². The van der Waals surface area contributed by atoms with Crippen LogP contribution in [0.3, 0.4) is 0 Å². The number of nitrogens with one attached hydrogen (secondary N) is 1. The maximum Gasteiger partial charge on any atom is 0.306 e. The van der Waals surface area contributed by atoms with Gasteiger partial charge in [0.15, 0.2) is 12.4 Å². The summed E-state index contributed by atoms with van der Waals surface area (Å²) in [5.74, 6) is -0.343. The molecule has 0 unspecified atom stereocenters. The number of esters is 1. The Hall–Kier alpha value is -3.15. The first-order valence-corrected chi connectivity index (χ1v) is 9.04. The molecule has 0 radical (unpaired) electrons. The number of ketones is 1. The second-order valence-corrected chi connectivity index (χ2v) is 6.53. The summed E-state index contributed by atoms with van der Waals surface area (Å²) in [6.07, 6.45) is -0.00539. The van der Waals surface area contributed by atoms with Crippen LogP contribution in [0.4, 0.5) is 0 Å². The molecule has 1 N–H and O–H groups in total. The summed E-state index contributed by atoms with van der Waals surface area (Å²) in [4.78, 5) is 35.9. The molecule has 0 aliphatic heterocycles. The van der Waals surface area contributed by atoms with Gasteiger partial charge in [0.25, 0.3) is 5.91 Å². The first-order valence-electron chi connectivity index (χ1n) is 9.04. The van der Waals surface area contributed by atoms with Crippen LogP contribution in [0.25, 0.3) is 0 Å². The number of rotatable bonds is 9. The Bertz CT molecular complexity index is 843. The van der Waals surface area contributed by atoms with E-state index in [2.05, 4.69) is 5.32 Å². The second-order valence-electron chi connectivity index (χ2n) is 6.53. The van der Waals surface area contributed by atoms with Crippen molar-refractivity contribution in [1.82, 2.24) is 5.32 Å². The zero-order chi connectivity index (χ0) is 20.5. The smallest absolute Gasteiger partial charge is 0.306 e. The fraction of sp³-hybridized carbons (Fsp3) is 0.318. The highest BCUT2D eigenvalue weighted by Crippen LogP contribution is 2.14. The van der Waals surface area contributed by atoms with Crippen LogP contribution in [0, 0.1) is 13.8 Å². The molecule has 0 fully saturated rings. The quantitative estimate of drug-likeness (QED) is 0.531. The van der Waals surface area contributed by atoms with Crippen molar-refractivity contribution in [1.29, 1.82) is 0 Å². The lowest BCUT2D eigenvalue weighted by Crippen LogP contribution is -2.28. The van der Waals surface area contributed by atoms with Crippen LogP contribution >= 0.6 is 0 Å². The van der Waals surface area contributed by atoms with E-state index in [0.29, 0.717) is 12.1 Å². The molecule has 2 rings (SSSR count). The highest BCUT2D eigenvalue weighted by molar-refractivity contribution is 5.99. The maximum absolute atomic E-state index is 12.3. The van der Waals surface area contributed by atoms with Crippen LogP contribution in [0.15, 0.2) is 42.5 Å². The fourth-order valence-corrected chi connectivity index (χ4v) is 2.60. The number of amides is 1. The number of hydrogen-bond donors (Lipinski definition) is 1. The fourth-order valence-electron chi connectivity index (χ4n) is 2.60. The number of ether oxygens (including phenoxy) is 2. The predicted octanol–water partition coefficient (Wildman–Crippen LogP) is 3.13. The van der Waals surface area contributed by atoms with E-state index in [1.165, 1.54) is 0 Å². The third kappa shape index (κ3) is 6.54. The molecular formula is C22H25NO5. The molecule has 2 aromatic rings. The molecule has 0 aliphatic rings. The Morgan fingerprint density at radius 1 is 0.964 bits per heavy atom. The van der Waals surface area contributed by atoms with Crippen molar-refractivity contribution in [3.8, 4) is 5.75 Å². The predicted molar refractivity (Wildman–Crippen MR) is 105 cm³/mol. The second kappa shape index (κ2) is 10.3. The average molecular weight is 383 g/mol. The first-order chi connectivity index (χ1) is 13.4. The summed E-state index contributed by atoms with van der Waals surface area (Å²) in [5, 5.41) is 2.67. The van der Waals surface area contributed by atoms with Gasteiger partial charge in [-0.15, -0.1) is 0 Å². The van der Waals surface area contributed by atoms with Gasteiger partial charge in [0.05, 0.1) is 13.5 Å². The van der Waals surface area contributed by atoms with Crippen LogP contribution in [-0.4, -0.2) is 31.4 Å². The van der Waals surface area contributed by atoms with Crippen molar-refractivity contribution in [2.45, 2.75) is 33.2 Å². The van der Waals surface area contributed by atoms with Crippen molar-refractivity contribution < 1.29 is 23.9 Å². The Balaban J connectivity index is 1.70. The molecule has 1 amide bonds. The topological polar surface area (TPSA) is 81.7 Å². The van der Waals surface area contributed by atoms with Gasteiger partial charge in [-0.1, -0.05) is 29.8 Å². The SMILES string of the molecule is COc1ccc(CNC(=O)COC(=O)CCC(=O)c2cc(C)ccc2C)cc1. The average Bonchev–Trinajstić information content (AvgIpc) is 2.71. The van der Waals surface area contributed by atoms with E-state index in [0.717, 1.165) is 22.4 Å². The van der Waals surface area contributed by atoms with E-state index < -0.39 is 11.9 Å². The van der Waals surface area contributed by atoms with Crippen LogP contribution in [0.1, 0.15) is 39.9 Å². The summed E-state index contributed by atoms with van der Waals surface area (Å²) in [6.45, 7) is 3.73. The van der Waals surface area contributed by atoms with E-state index >= 15 is 0 Å². The van der Waals surface area contributed by atoms with Gasteiger partial charge >= 0.3 is 5.97 Å². The summed E-state index contributed by atoms with van der Waals surface area (Å²) >= 11 is 0. The molecule has 6 nitrogen and oxygen atoms in total. The minimum absolute atomic E-state index is 0.0522. The van der Waals surface area contributed by atoms with E-state index in [-0.39, 0.29) is 25.2 Å². The van der Waals surface area contributed by atoms with E-state index in [9.17, 15) is 14.4 Å². The molecule has 0 bridgehead atoms. The number of benzene rings is 2. The van der Waals surface area contributed by atoms with Gasteiger partial charge in [-0.3, -0.25) is 14.4 Å². The van der Waals surface area contributed by atoms with Gasteiger partial charge in [0.1, 0.15) is 5.75 Å². The zero-order valence-electron chi connectivity index (χ0n) is 16.4. The van der Waals surface area contributed by atoms with Gasteiger partial charge in [0, 0.05) is 18.5 Å². The largest absolute Gasteiger partial charge is 0.497 e. The molecule has 0 heterocycles. The third-order valence-corrected chi connectivity index (χ3v) is 4.26. The molecule has 0 aromatic heterocycles. The molecule has 0 aliphatic carbocycles. The van der Waals surface area contributed by atoms with E-state index in [1.54, 1.807) is 19.2 Å². The lowest BCUT2D eigenvalue weighted by atomic mass is 9.99. The summed E-state index contributed by atoms with van der Waals surface area (Å²) in [7, 11) is 1.58. The van der Waals surface area contributed by atoms with E-state index in [4.69, 9.17) is 9.47 Å². The van der Waals surface area contributed by atoms with Crippen LogP contribution in [0.5, 0.6) is 5.75 Å². The number of Topliss-reactive ketones (excluding diaryl/α,β-unsaturated/α-hetero) is 1. The van der Waals surface area contributed by atoms with Gasteiger partial charge in [0.2, 0.25) is 0 Å². The molecular weight excluding hydrogens is 358 g/mol. The van der Waals surface area contributed by atoms with Crippen molar-refractivity contribution in [3.63, 3.8) is 0 Å². The normalized spacial score (nSPS) is 10.2. The number of hydrogen-bond acceptors (Lipinski definition) is 5. The molecule has 0 saturated carbocycles. The highest BCUT2D eigenvalue weighted by Gasteiger charge is 2.13. The van der Waals surface area contributed by atoms with Crippen molar-refractivity contribution >= 4 is 17.7 Å². The molecule has 28 heavy (non-hydrogen) atoms. The Morgan fingerprint density at radius 2 is 1.68 bits per heavy atom. The molecule has 0 atom stereocenters. The maximum atomic E-state index is 12.3. The Labute approximate surface area is 164 Å². The number of carbonyl (C=O) groups is 3. The molecule has 148 valence electrons. The van der Waals surface area contributed by atoms with Crippen molar-refractivity contribution in [2.24, 2.45) is 0 Å². The molecule has 2 aromatic carbocycles. The van der Waals surface area contributed by atoms with Gasteiger partial charge < -0.3 is 14.8 Å². The Morgan fingerprint density at radius 3 is 2.36 bits per heavy atom. The van der Waals surface area contributed by atoms with Crippen LogP contribution in [-0.2, 0) is 20.9 Å². The van der Waals surface area contributed by atoms with E-state index in [1.807, 2.05) is 44.2 Å². The van der Waals surface area contributed by atoms with Crippen molar-refractivity contribution in [2.75, 3.05) is 13.7 Å². The summed E-state index contributed by atoms with van der Waals surface area (Å²) in [6, 6.07) is 12.9. The summed E-state index contributed by atoms with van der Waals surface area (Å²) in [5.41, 5.74) is 3.39. The lowest BCUT2D eigenvalue weighted by Gasteiger charge is -2.08. The van der Waals surface area contributed by atoms with Crippen LogP contribution in [0.2, 0.25) is 0 Å². The highest BCUT2D eigenvalue weighted by atomic mass is 16.5. The first kappa shape index (κ1) is 21.2. The molecule has 0 saturated heterocycles. The molecule has 0 spiro atoms. The monoisotopic (exact) mass is 383 g/mol. The minimum atomic E-state index is -0.571. The number of methoxy groups -OCH3 is 1. The standard InChI is InChI=1S/C22H25NO5/c1-15-4-5-16(2)19(12-15)20(24)10-11-22(26)28-14-21(25)23-13-17-6-8-18(27-3)9-7-17/h4-9,12H,10-11,13-14H2,1-3H3,(H,23,25). The lowest BCUT2D eigenvalue weighted by molar-refractivity contribution is -0.148. The number of aryl methyl sites for hydroxylation is 2. The summed E-state index contributed by atoms with van der Waals surface area (Å²) < 4.78 is 10.0. The minimum Gasteiger partial charge on any atom is -0.497 e. The third-order valence-electron chi connectivity index (χ3n) is 4.26. The Kier molecular flexibility index (Phi) is 7.75. The van der Waals surface area contributed by atoms with Gasteiger partial charge in [-0.25, -0.2) is 0 Å². The van der Waals surface area contributed by atoms with Crippen LogP contribution < -0.4 is 10.1 Å². The molecule has 6 heteroatoms.